The SMILES string of the molecule is Cc1ccc(S[C@@H](CC(=O)O)[C@@H](O)C(F)(F)F)cc1. The van der Waals surface area contributed by atoms with E-state index < -0.39 is 29.9 Å². The van der Waals surface area contributed by atoms with Crippen molar-refractivity contribution in [2.75, 3.05) is 0 Å². The van der Waals surface area contributed by atoms with E-state index in [2.05, 4.69) is 0 Å². The lowest BCUT2D eigenvalue weighted by Crippen LogP contribution is -2.39. The Hall–Kier alpha value is -1.21. The number of aliphatic hydroxyl groups excluding tert-OH is 1. The molecule has 1 aromatic rings. The number of alkyl halides is 3. The molecule has 1 rings (SSSR count). The molecule has 0 aliphatic carbocycles. The Morgan fingerprint density at radius 2 is 1.84 bits per heavy atom. The van der Waals surface area contributed by atoms with Gasteiger partial charge >= 0.3 is 12.1 Å². The van der Waals surface area contributed by atoms with Crippen molar-refractivity contribution in [2.24, 2.45) is 0 Å². The number of carbonyl (C=O) groups is 1. The van der Waals surface area contributed by atoms with Gasteiger partial charge in [0.15, 0.2) is 6.10 Å². The number of hydrogen-bond acceptors (Lipinski definition) is 3. The molecule has 2 atom stereocenters. The van der Waals surface area contributed by atoms with Gasteiger partial charge in [0.25, 0.3) is 0 Å². The number of hydrogen-bond donors (Lipinski definition) is 2. The van der Waals surface area contributed by atoms with Crippen LogP contribution in [0.1, 0.15) is 12.0 Å². The van der Waals surface area contributed by atoms with Crippen LogP contribution < -0.4 is 0 Å². The molecular weight excluding hydrogens is 281 g/mol. The zero-order valence-corrected chi connectivity index (χ0v) is 10.8. The topological polar surface area (TPSA) is 57.5 Å². The molecule has 19 heavy (non-hydrogen) atoms. The first-order valence-electron chi connectivity index (χ1n) is 5.40. The van der Waals surface area contributed by atoms with Crippen LogP contribution in [0, 0.1) is 6.92 Å². The molecule has 2 N–H and O–H groups in total. The summed E-state index contributed by atoms with van der Waals surface area (Å²) in [6.45, 7) is 1.83. The van der Waals surface area contributed by atoms with Gasteiger partial charge in [-0.1, -0.05) is 17.7 Å². The molecule has 1 aromatic carbocycles. The second-order valence-electron chi connectivity index (χ2n) is 4.05. The lowest BCUT2D eigenvalue weighted by molar-refractivity contribution is -0.204. The van der Waals surface area contributed by atoms with Crippen LogP contribution in [0.2, 0.25) is 0 Å². The Labute approximate surface area is 112 Å². The third kappa shape index (κ3) is 5.12. The largest absolute Gasteiger partial charge is 0.481 e. The summed E-state index contributed by atoms with van der Waals surface area (Å²) >= 11 is 0.710. The van der Waals surface area contributed by atoms with Gasteiger partial charge < -0.3 is 10.2 Å². The molecule has 3 nitrogen and oxygen atoms in total. The molecule has 0 saturated heterocycles. The molecule has 0 spiro atoms. The van der Waals surface area contributed by atoms with Gasteiger partial charge in [-0.15, -0.1) is 11.8 Å². The van der Waals surface area contributed by atoms with E-state index in [1.54, 1.807) is 24.3 Å². The Balaban J connectivity index is 2.85. The number of aliphatic carboxylic acids is 1. The minimum absolute atomic E-state index is 0.486. The zero-order valence-electron chi connectivity index (χ0n) is 10.0. The normalized spacial score (nSPS) is 15.0. The molecule has 0 saturated carbocycles. The van der Waals surface area contributed by atoms with E-state index in [0.29, 0.717) is 16.7 Å². The average molecular weight is 294 g/mol. The van der Waals surface area contributed by atoms with Gasteiger partial charge in [0.2, 0.25) is 0 Å². The first kappa shape index (κ1) is 15.8. The maximum atomic E-state index is 12.5. The molecule has 0 fully saturated rings. The van der Waals surface area contributed by atoms with E-state index in [0.717, 1.165) is 5.56 Å². The molecule has 106 valence electrons. The third-order valence-electron chi connectivity index (χ3n) is 2.37. The highest BCUT2D eigenvalue weighted by molar-refractivity contribution is 8.00. The van der Waals surface area contributed by atoms with Gasteiger partial charge in [-0.05, 0) is 19.1 Å². The predicted octanol–water partition coefficient (Wildman–Crippen LogP) is 2.85. The maximum absolute atomic E-state index is 12.5. The monoisotopic (exact) mass is 294 g/mol. The smallest absolute Gasteiger partial charge is 0.415 e. The van der Waals surface area contributed by atoms with Crippen molar-refractivity contribution in [2.45, 2.75) is 35.8 Å². The predicted molar refractivity (Wildman–Crippen MR) is 65.1 cm³/mol. The van der Waals surface area contributed by atoms with Crippen LogP contribution in [0.15, 0.2) is 29.2 Å². The van der Waals surface area contributed by atoms with Crippen molar-refractivity contribution in [3.8, 4) is 0 Å². The Morgan fingerprint density at radius 3 is 2.26 bits per heavy atom. The minimum Gasteiger partial charge on any atom is -0.481 e. The van der Waals surface area contributed by atoms with Crippen LogP contribution in [-0.4, -0.2) is 33.7 Å². The molecule has 0 bridgehead atoms. The molecule has 0 aliphatic heterocycles. The van der Waals surface area contributed by atoms with Gasteiger partial charge in [-0.3, -0.25) is 4.79 Å². The molecule has 0 radical (unpaired) electrons. The van der Waals surface area contributed by atoms with Gasteiger partial charge in [0, 0.05) is 4.90 Å². The van der Waals surface area contributed by atoms with E-state index in [-0.39, 0.29) is 0 Å². The number of aliphatic hydroxyl groups is 1. The number of rotatable bonds is 5. The fraction of sp³-hybridized carbons (Fsp3) is 0.417. The summed E-state index contributed by atoms with van der Waals surface area (Å²) in [5.74, 6) is -1.38. The van der Waals surface area contributed by atoms with E-state index in [1.165, 1.54) is 0 Å². The number of halogens is 3. The van der Waals surface area contributed by atoms with E-state index in [4.69, 9.17) is 5.11 Å². The lowest BCUT2D eigenvalue weighted by atomic mass is 10.2. The summed E-state index contributed by atoms with van der Waals surface area (Å²) in [7, 11) is 0. The van der Waals surface area contributed by atoms with Crippen LogP contribution in [-0.2, 0) is 4.79 Å². The molecular formula is C12H13F3O3S. The lowest BCUT2D eigenvalue weighted by Gasteiger charge is -2.23. The second-order valence-corrected chi connectivity index (χ2v) is 5.37. The molecule has 0 unspecified atom stereocenters. The molecule has 0 aliphatic rings. The average Bonchev–Trinajstić information content (AvgIpc) is 2.28. The van der Waals surface area contributed by atoms with Gasteiger partial charge in [-0.2, -0.15) is 13.2 Å². The standard InChI is InChI=1S/C12H13F3O3S/c1-7-2-4-8(5-3-7)19-9(6-10(16)17)11(18)12(13,14)15/h2-5,9,11,18H,6H2,1H3,(H,16,17)/t9-,11+/m0/s1. The fourth-order valence-corrected chi connectivity index (χ4v) is 2.54. The Bertz CT molecular complexity index is 431. The number of thioether (sulfide) groups is 1. The van der Waals surface area contributed by atoms with Gasteiger partial charge in [0.1, 0.15) is 0 Å². The fourth-order valence-electron chi connectivity index (χ4n) is 1.39. The molecule has 7 heteroatoms. The highest BCUT2D eigenvalue weighted by atomic mass is 32.2. The van der Waals surface area contributed by atoms with Crippen molar-refractivity contribution in [3.63, 3.8) is 0 Å². The second kappa shape index (κ2) is 6.29. The summed E-state index contributed by atoms with van der Waals surface area (Å²) in [6, 6.07) is 6.61. The first-order valence-corrected chi connectivity index (χ1v) is 6.28. The van der Waals surface area contributed by atoms with Crippen molar-refractivity contribution in [1.82, 2.24) is 0 Å². The summed E-state index contributed by atoms with van der Waals surface area (Å²) in [4.78, 5) is 11.1. The Morgan fingerprint density at radius 1 is 1.32 bits per heavy atom. The Kier molecular flexibility index (Phi) is 5.25. The van der Waals surface area contributed by atoms with E-state index in [9.17, 15) is 23.1 Å². The highest BCUT2D eigenvalue weighted by Gasteiger charge is 2.44. The third-order valence-corrected chi connectivity index (χ3v) is 3.64. The zero-order chi connectivity index (χ0) is 14.6. The maximum Gasteiger partial charge on any atom is 0.415 e. The van der Waals surface area contributed by atoms with Gasteiger partial charge in [-0.25, -0.2) is 0 Å². The van der Waals surface area contributed by atoms with Crippen LogP contribution in [0.25, 0.3) is 0 Å². The van der Waals surface area contributed by atoms with E-state index in [1.807, 2.05) is 6.92 Å². The molecule has 0 heterocycles. The number of aryl methyl sites for hydroxylation is 1. The minimum atomic E-state index is -4.84. The molecule has 0 aromatic heterocycles. The number of benzene rings is 1. The molecule has 0 amide bonds. The van der Waals surface area contributed by atoms with E-state index >= 15 is 0 Å². The quantitative estimate of drug-likeness (QED) is 0.820. The number of carboxylic acid groups (broad SMARTS) is 1. The summed E-state index contributed by atoms with van der Waals surface area (Å²) in [5.41, 5.74) is 0.940. The van der Waals surface area contributed by atoms with Crippen molar-refractivity contribution < 1.29 is 28.2 Å². The van der Waals surface area contributed by atoms with Crippen LogP contribution in [0.4, 0.5) is 13.2 Å². The van der Waals surface area contributed by atoms with Gasteiger partial charge in [0.05, 0.1) is 11.7 Å². The van der Waals surface area contributed by atoms with Crippen LogP contribution in [0.3, 0.4) is 0 Å². The summed E-state index contributed by atoms with van der Waals surface area (Å²) in [5, 5.41) is 16.4. The summed E-state index contributed by atoms with van der Waals surface area (Å²) in [6.07, 6.45) is -8.27. The van der Waals surface area contributed by atoms with Crippen molar-refractivity contribution in [3.05, 3.63) is 29.8 Å². The number of carboxylic acids is 1. The first-order chi connectivity index (χ1) is 8.70. The summed E-state index contributed by atoms with van der Waals surface area (Å²) < 4.78 is 37.4. The van der Waals surface area contributed by atoms with Crippen molar-refractivity contribution >= 4 is 17.7 Å². The van der Waals surface area contributed by atoms with Crippen LogP contribution in [0.5, 0.6) is 0 Å². The van der Waals surface area contributed by atoms with Crippen LogP contribution >= 0.6 is 11.8 Å². The highest BCUT2D eigenvalue weighted by Crippen LogP contribution is 2.34. The van der Waals surface area contributed by atoms with Crippen molar-refractivity contribution in [1.29, 1.82) is 0 Å².